The molecule has 2 aromatic heterocycles. The van der Waals surface area contributed by atoms with Gasteiger partial charge >= 0.3 is 0 Å². The van der Waals surface area contributed by atoms with Gasteiger partial charge in [0.25, 0.3) is 0 Å². The number of aromatic nitrogens is 3. The van der Waals surface area contributed by atoms with E-state index in [1.165, 1.54) is 12.0 Å². The molecule has 116 valence electrons. The summed E-state index contributed by atoms with van der Waals surface area (Å²) >= 11 is 1.61. The van der Waals surface area contributed by atoms with E-state index in [0.717, 1.165) is 34.5 Å². The van der Waals surface area contributed by atoms with Crippen LogP contribution >= 0.6 is 11.3 Å². The van der Waals surface area contributed by atoms with E-state index < -0.39 is 0 Å². The molecule has 3 heterocycles. The van der Waals surface area contributed by atoms with E-state index >= 15 is 0 Å². The molecule has 0 amide bonds. The molecule has 1 aliphatic rings. The predicted molar refractivity (Wildman–Crippen MR) is 92.8 cm³/mol. The molecule has 1 saturated heterocycles. The van der Waals surface area contributed by atoms with Gasteiger partial charge in [0.15, 0.2) is 10.9 Å². The Balaban J connectivity index is 1.47. The molecule has 0 bridgehead atoms. The SMILES string of the molecule is c1ccc(-c2cnc(Nc3cnc([C@H]4CCCN4)cn3)s2)cc1. The highest BCUT2D eigenvalue weighted by atomic mass is 32.1. The van der Waals surface area contributed by atoms with Crippen molar-refractivity contribution in [2.75, 3.05) is 11.9 Å². The molecule has 3 aromatic rings. The quantitative estimate of drug-likeness (QED) is 0.765. The number of hydrogen-bond donors (Lipinski definition) is 2. The third kappa shape index (κ3) is 3.23. The Bertz CT molecular complexity index is 763. The summed E-state index contributed by atoms with van der Waals surface area (Å²) in [5.41, 5.74) is 2.18. The number of thiazole rings is 1. The highest BCUT2D eigenvalue weighted by Gasteiger charge is 2.17. The van der Waals surface area contributed by atoms with Crippen molar-refractivity contribution in [2.45, 2.75) is 18.9 Å². The molecule has 1 aliphatic heterocycles. The summed E-state index contributed by atoms with van der Waals surface area (Å²) in [6.45, 7) is 1.06. The van der Waals surface area contributed by atoms with E-state index in [9.17, 15) is 0 Å². The lowest BCUT2D eigenvalue weighted by Gasteiger charge is -2.09. The molecular weight excluding hydrogens is 306 g/mol. The van der Waals surface area contributed by atoms with Gasteiger partial charge in [-0.1, -0.05) is 41.7 Å². The second-order valence-electron chi connectivity index (χ2n) is 5.50. The maximum atomic E-state index is 4.51. The van der Waals surface area contributed by atoms with Crippen molar-refractivity contribution in [3.05, 3.63) is 54.6 Å². The molecule has 0 unspecified atom stereocenters. The Kier molecular flexibility index (Phi) is 4.00. The summed E-state index contributed by atoms with van der Waals surface area (Å²) < 4.78 is 0. The Morgan fingerprint density at radius 1 is 1.04 bits per heavy atom. The Morgan fingerprint density at radius 3 is 2.70 bits per heavy atom. The first-order valence-corrected chi connectivity index (χ1v) is 8.54. The number of benzene rings is 1. The fourth-order valence-electron chi connectivity index (χ4n) is 2.70. The minimum absolute atomic E-state index is 0.348. The van der Waals surface area contributed by atoms with Gasteiger partial charge < -0.3 is 10.6 Å². The lowest BCUT2D eigenvalue weighted by Crippen LogP contribution is -2.14. The van der Waals surface area contributed by atoms with Crippen LogP contribution in [-0.4, -0.2) is 21.5 Å². The van der Waals surface area contributed by atoms with Crippen LogP contribution in [0.5, 0.6) is 0 Å². The van der Waals surface area contributed by atoms with Gasteiger partial charge in [-0.2, -0.15) is 0 Å². The molecule has 0 radical (unpaired) electrons. The summed E-state index contributed by atoms with van der Waals surface area (Å²) in [7, 11) is 0. The van der Waals surface area contributed by atoms with E-state index in [-0.39, 0.29) is 0 Å². The van der Waals surface area contributed by atoms with Gasteiger partial charge in [0.2, 0.25) is 0 Å². The van der Waals surface area contributed by atoms with Crippen molar-refractivity contribution in [3.63, 3.8) is 0 Å². The topological polar surface area (TPSA) is 62.7 Å². The first kappa shape index (κ1) is 14.3. The van der Waals surface area contributed by atoms with Gasteiger partial charge in [0, 0.05) is 6.20 Å². The highest BCUT2D eigenvalue weighted by Crippen LogP contribution is 2.30. The molecule has 0 spiro atoms. The fourth-order valence-corrected chi connectivity index (χ4v) is 3.53. The lowest BCUT2D eigenvalue weighted by molar-refractivity contribution is 0.624. The first-order valence-electron chi connectivity index (χ1n) is 7.72. The molecule has 5 nitrogen and oxygen atoms in total. The summed E-state index contributed by atoms with van der Waals surface area (Å²) in [6, 6.07) is 10.6. The second-order valence-corrected chi connectivity index (χ2v) is 6.53. The maximum Gasteiger partial charge on any atom is 0.188 e. The molecule has 4 rings (SSSR count). The first-order chi connectivity index (χ1) is 11.4. The van der Waals surface area contributed by atoms with E-state index in [1.54, 1.807) is 17.5 Å². The van der Waals surface area contributed by atoms with Crippen LogP contribution < -0.4 is 10.6 Å². The highest BCUT2D eigenvalue weighted by molar-refractivity contribution is 7.18. The Hall–Kier alpha value is -2.31. The van der Waals surface area contributed by atoms with E-state index in [2.05, 4.69) is 37.7 Å². The van der Waals surface area contributed by atoms with Crippen LogP contribution in [0.3, 0.4) is 0 Å². The molecule has 1 aromatic carbocycles. The van der Waals surface area contributed by atoms with Crippen molar-refractivity contribution in [1.29, 1.82) is 0 Å². The van der Waals surface area contributed by atoms with E-state index in [4.69, 9.17) is 0 Å². The minimum atomic E-state index is 0.348. The zero-order chi connectivity index (χ0) is 15.5. The van der Waals surface area contributed by atoms with Crippen LogP contribution in [-0.2, 0) is 0 Å². The van der Waals surface area contributed by atoms with Gasteiger partial charge in [-0.15, -0.1) is 0 Å². The molecule has 2 N–H and O–H groups in total. The molecule has 6 heteroatoms. The number of nitrogens with zero attached hydrogens (tertiary/aromatic N) is 3. The van der Waals surface area contributed by atoms with Gasteiger partial charge in [-0.05, 0) is 24.9 Å². The van der Waals surface area contributed by atoms with E-state index in [0.29, 0.717) is 6.04 Å². The van der Waals surface area contributed by atoms with Crippen LogP contribution in [0.4, 0.5) is 10.9 Å². The normalized spacial score (nSPS) is 17.3. The smallest absolute Gasteiger partial charge is 0.188 e. The fraction of sp³-hybridized carbons (Fsp3) is 0.235. The zero-order valence-electron chi connectivity index (χ0n) is 12.6. The van der Waals surface area contributed by atoms with Crippen molar-refractivity contribution >= 4 is 22.3 Å². The second kappa shape index (κ2) is 6.44. The molecule has 1 fully saturated rings. The van der Waals surface area contributed by atoms with E-state index in [1.807, 2.05) is 30.6 Å². The molecular formula is C17H17N5S. The van der Waals surface area contributed by atoms with Gasteiger partial charge in [0.1, 0.15) is 0 Å². The summed E-state index contributed by atoms with van der Waals surface area (Å²) in [5, 5.41) is 7.48. The predicted octanol–water partition coefficient (Wildman–Crippen LogP) is 3.77. The third-order valence-corrected chi connectivity index (χ3v) is 4.85. The Labute approximate surface area is 138 Å². The monoisotopic (exact) mass is 323 g/mol. The van der Waals surface area contributed by atoms with Gasteiger partial charge in [-0.3, -0.25) is 4.98 Å². The van der Waals surface area contributed by atoms with Crippen LogP contribution in [0, 0.1) is 0 Å². The number of rotatable bonds is 4. The standard InChI is InChI=1S/C17H17N5S/c1-2-5-12(6-3-1)15-10-21-17(23-15)22-16-11-19-14(9-20-16)13-7-4-8-18-13/h1-3,5-6,9-11,13,18H,4,7-8H2,(H,20,21,22)/t13-/m1/s1. The number of anilines is 2. The average molecular weight is 323 g/mol. The van der Waals surface area contributed by atoms with Crippen LogP contribution in [0.2, 0.25) is 0 Å². The van der Waals surface area contributed by atoms with Gasteiger partial charge in [-0.25, -0.2) is 9.97 Å². The molecule has 0 aliphatic carbocycles. The Morgan fingerprint density at radius 2 is 1.96 bits per heavy atom. The maximum absolute atomic E-state index is 4.51. The summed E-state index contributed by atoms with van der Waals surface area (Å²) in [6.07, 6.45) is 7.84. The summed E-state index contributed by atoms with van der Waals surface area (Å²) in [5.74, 6) is 0.723. The van der Waals surface area contributed by atoms with Crippen molar-refractivity contribution in [2.24, 2.45) is 0 Å². The molecule has 0 saturated carbocycles. The molecule has 23 heavy (non-hydrogen) atoms. The lowest BCUT2D eigenvalue weighted by atomic mass is 10.2. The van der Waals surface area contributed by atoms with Gasteiger partial charge in [0.05, 0.1) is 29.0 Å². The molecule has 1 atom stereocenters. The van der Waals surface area contributed by atoms with Crippen LogP contribution in [0.15, 0.2) is 48.9 Å². The summed E-state index contributed by atoms with van der Waals surface area (Å²) in [4.78, 5) is 14.5. The zero-order valence-corrected chi connectivity index (χ0v) is 13.4. The average Bonchev–Trinajstić information content (AvgIpc) is 3.28. The van der Waals surface area contributed by atoms with Crippen molar-refractivity contribution < 1.29 is 0 Å². The number of nitrogens with one attached hydrogen (secondary N) is 2. The van der Waals surface area contributed by atoms with Crippen LogP contribution in [0.1, 0.15) is 24.6 Å². The van der Waals surface area contributed by atoms with Crippen molar-refractivity contribution in [1.82, 2.24) is 20.3 Å². The van der Waals surface area contributed by atoms with Crippen LogP contribution in [0.25, 0.3) is 10.4 Å². The number of hydrogen-bond acceptors (Lipinski definition) is 6. The largest absolute Gasteiger partial charge is 0.315 e. The minimum Gasteiger partial charge on any atom is -0.315 e. The third-order valence-electron chi connectivity index (χ3n) is 3.89. The van der Waals surface area contributed by atoms with Crippen molar-refractivity contribution in [3.8, 4) is 10.4 Å².